The summed E-state index contributed by atoms with van der Waals surface area (Å²) in [5, 5.41) is 18.5. The quantitative estimate of drug-likeness (QED) is 0.614. The Morgan fingerprint density at radius 3 is 2.83 bits per heavy atom. The Morgan fingerprint density at radius 1 is 1.67 bits per heavy atom. The van der Waals surface area contributed by atoms with Crippen molar-refractivity contribution in [1.82, 2.24) is 0 Å². The first-order chi connectivity index (χ1) is 5.65. The maximum absolute atomic E-state index is 9.54. The SMILES string of the molecule is CC1=CC[C@H]([C@H](C)CO)C[C@@H]1O. The lowest BCUT2D eigenvalue weighted by molar-refractivity contribution is 0.118. The van der Waals surface area contributed by atoms with Crippen LogP contribution >= 0.6 is 0 Å². The van der Waals surface area contributed by atoms with Crippen LogP contribution in [0.5, 0.6) is 0 Å². The van der Waals surface area contributed by atoms with Crippen LogP contribution in [0.4, 0.5) is 0 Å². The molecule has 70 valence electrons. The van der Waals surface area contributed by atoms with Crippen molar-refractivity contribution in [3.63, 3.8) is 0 Å². The van der Waals surface area contributed by atoms with Crippen LogP contribution in [0.2, 0.25) is 0 Å². The molecule has 1 rings (SSSR count). The second kappa shape index (κ2) is 4.06. The predicted molar refractivity (Wildman–Crippen MR) is 48.7 cm³/mol. The zero-order valence-electron chi connectivity index (χ0n) is 7.83. The van der Waals surface area contributed by atoms with Crippen molar-refractivity contribution < 1.29 is 10.2 Å². The second-order valence-corrected chi connectivity index (χ2v) is 3.86. The van der Waals surface area contributed by atoms with E-state index in [0.717, 1.165) is 18.4 Å². The molecule has 3 atom stereocenters. The van der Waals surface area contributed by atoms with Gasteiger partial charge < -0.3 is 10.2 Å². The summed E-state index contributed by atoms with van der Waals surface area (Å²) in [5.74, 6) is 0.762. The number of allylic oxidation sites excluding steroid dienone is 1. The Bertz CT molecular complexity index is 175. The zero-order valence-corrected chi connectivity index (χ0v) is 7.83. The van der Waals surface area contributed by atoms with Crippen molar-refractivity contribution in [3.05, 3.63) is 11.6 Å². The molecule has 1 aliphatic rings. The van der Waals surface area contributed by atoms with Crippen molar-refractivity contribution in [3.8, 4) is 0 Å². The lowest BCUT2D eigenvalue weighted by atomic mass is 9.81. The first kappa shape index (κ1) is 9.75. The molecule has 0 amide bonds. The standard InChI is InChI=1S/C10H18O2/c1-7-3-4-9(5-10(7)12)8(2)6-11/h3,8-12H,4-6H2,1-2H3/t8-,9+,10+/m1/s1. The third-order valence-electron chi connectivity index (χ3n) is 2.89. The average molecular weight is 170 g/mol. The molecule has 0 aromatic rings. The molecule has 0 unspecified atom stereocenters. The van der Waals surface area contributed by atoms with Crippen molar-refractivity contribution in [2.24, 2.45) is 11.8 Å². The number of hydrogen-bond donors (Lipinski definition) is 2. The van der Waals surface area contributed by atoms with Gasteiger partial charge in [0.1, 0.15) is 0 Å². The normalized spacial score (nSPS) is 32.8. The molecule has 2 heteroatoms. The van der Waals surface area contributed by atoms with Crippen LogP contribution in [-0.2, 0) is 0 Å². The highest BCUT2D eigenvalue weighted by Crippen LogP contribution is 2.29. The summed E-state index contributed by atoms with van der Waals surface area (Å²) in [5.41, 5.74) is 1.08. The fourth-order valence-electron chi connectivity index (χ4n) is 1.66. The van der Waals surface area contributed by atoms with E-state index in [-0.39, 0.29) is 12.7 Å². The van der Waals surface area contributed by atoms with Crippen molar-refractivity contribution in [1.29, 1.82) is 0 Å². The van der Waals surface area contributed by atoms with E-state index in [1.54, 1.807) is 0 Å². The number of aliphatic hydroxyl groups is 2. The van der Waals surface area contributed by atoms with E-state index in [1.165, 1.54) is 0 Å². The lowest BCUT2D eigenvalue weighted by Gasteiger charge is -2.28. The zero-order chi connectivity index (χ0) is 9.14. The average Bonchev–Trinajstić information content (AvgIpc) is 2.08. The molecule has 1 aliphatic carbocycles. The number of rotatable bonds is 2. The topological polar surface area (TPSA) is 40.5 Å². The van der Waals surface area contributed by atoms with E-state index in [4.69, 9.17) is 5.11 Å². The Balaban J connectivity index is 2.52. The summed E-state index contributed by atoms with van der Waals surface area (Å²) in [6, 6.07) is 0. The maximum atomic E-state index is 9.54. The fraction of sp³-hybridized carbons (Fsp3) is 0.800. The van der Waals surface area contributed by atoms with Crippen molar-refractivity contribution in [2.75, 3.05) is 6.61 Å². The Hall–Kier alpha value is -0.340. The molecule has 0 heterocycles. The van der Waals surface area contributed by atoms with E-state index in [9.17, 15) is 5.11 Å². The van der Waals surface area contributed by atoms with Gasteiger partial charge >= 0.3 is 0 Å². The molecule has 0 saturated heterocycles. The largest absolute Gasteiger partial charge is 0.396 e. The molecule has 12 heavy (non-hydrogen) atoms. The predicted octanol–water partition coefficient (Wildman–Crippen LogP) is 1.33. The van der Waals surface area contributed by atoms with Crippen LogP contribution in [-0.4, -0.2) is 22.9 Å². The minimum absolute atomic E-state index is 0.226. The molecule has 2 nitrogen and oxygen atoms in total. The van der Waals surface area contributed by atoms with Crippen LogP contribution in [0.25, 0.3) is 0 Å². The van der Waals surface area contributed by atoms with Gasteiger partial charge in [-0.2, -0.15) is 0 Å². The van der Waals surface area contributed by atoms with E-state index in [2.05, 4.69) is 6.08 Å². The van der Waals surface area contributed by atoms with E-state index >= 15 is 0 Å². The van der Waals surface area contributed by atoms with Gasteiger partial charge in [-0.3, -0.25) is 0 Å². The first-order valence-electron chi connectivity index (χ1n) is 4.60. The van der Waals surface area contributed by atoms with Crippen LogP contribution in [0.1, 0.15) is 26.7 Å². The van der Waals surface area contributed by atoms with Crippen molar-refractivity contribution >= 4 is 0 Å². The van der Waals surface area contributed by atoms with Crippen molar-refractivity contribution in [2.45, 2.75) is 32.8 Å². The van der Waals surface area contributed by atoms with Crippen LogP contribution in [0.15, 0.2) is 11.6 Å². The molecule has 0 aliphatic heterocycles. The summed E-state index contributed by atoms with van der Waals surface area (Å²) in [4.78, 5) is 0. The highest BCUT2D eigenvalue weighted by molar-refractivity contribution is 5.09. The molecule has 0 bridgehead atoms. The van der Waals surface area contributed by atoms with E-state index in [1.807, 2.05) is 13.8 Å². The molecule has 0 spiro atoms. The third-order valence-corrected chi connectivity index (χ3v) is 2.89. The van der Waals surface area contributed by atoms with Gasteiger partial charge in [-0.15, -0.1) is 0 Å². The van der Waals surface area contributed by atoms with Crippen LogP contribution in [0.3, 0.4) is 0 Å². The second-order valence-electron chi connectivity index (χ2n) is 3.86. The Morgan fingerprint density at radius 2 is 2.33 bits per heavy atom. The van der Waals surface area contributed by atoms with Gasteiger partial charge in [0.25, 0.3) is 0 Å². The first-order valence-corrected chi connectivity index (χ1v) is 4.60. The summed E-state index contributed by atoms with van der Waals surface area (Å²) in [6.07, 6.45) is 3.62. The Labute approximate surface area is 73.9 Å². The summed E-state index contributed by atoms with van der Waals surface area (Å²) in [7, 11) is 0. The van der Waals surface area contributed by atoms with E-state index in [0.29, 0.717) is 11.8 Å². The molecular formula is C10H18O2. The maximum Gasteiger partial charge on any atom is 0.0750 e. The number of hydrogen-bond acceptors (Lipinski definition) is 2. The third kappa shape index (κ3) is 2.08. The molecular weight excluding hydrogens is 152 g/mol. The van der Waals surface area contributed by atoms with Crippen LogP contribution in [0, 0.1) is 11.8 Å². The summed E-state index contributed by atoms with van der Waals surface area (Å²) < 4.78 is 0. The highest BCUT2D eigenvalue weighted by atomic mass is 16.3. The minimum Gasteiger partial charge on any atom is -0.396 e. The van der Waals surface area contributed by atoms with Gasteiger partial charge in [0, 0.05) is 6.61 Å². The molecule has 0 aromatic heterocycles. The number of aliphatic hydroxyl groups excluding tert-OH is 2. The molecule has 0 aromatic carbocycles. The fourth-order valence-corrected chi connectivity index (χ4v) is 1.66. The van der Waals surface area contributed by atoms with Gasteiger partial charge in [-0.05, 0) is 37.2 Å². The molecule has 2 N–H and O–H groups in total. The Kier molecular flexibility index (Phi) is 3.29. The van der Waals surface area contributed by atoms with Gasteiger partial charge in [0.15, 0.2) is 0 Å². The highest BCUT2D eigenvalue weighted by Gasteiger charge is 2.23. The summed E-state index contributed by atoms with van der Waals surface area (Å²) >= 11 is 0. The van der Waals surface area contributed by atoms with Gasteiger partial charge in [-0.25, -0.2) is 0 Å². The smallest absolute Gasteiger partial charge is 0.0750 e. The molecule has 0 radical (unpaired) electrons. The molecule has 0 fully saturated rings. The van der Waals surface area contributed by atoms with Gasteiger partial charge in [0.2, 0.25) is 0 Å². The minimum atomic E-state index is -0.280. The molecule has 0 saturated carbocycles. The lowest BCUT2D eigenvalue weighted by Crippen LogP contribution is -2.25. The van der Waals surface area contributed by atoms with Gasteiger partial charge in [-0.1, -0.05) is 13.0 Å². The van der Waals surface area contributed by atoms with Crippen LogP contribution < -0.4 is 0 Å². The van der Waals surface area contributed by atoms with Gasteiger partial charge in [0.05, 0.1) is 6.10 Å². The monoisotopic (exact) mass is 170 g/mol. The van der Waals surface area contributed by atoms with E-state index < -0.39 is 0 Å². The summed E-state index contributed by atoms with van der Waals surface area (Å²) in [6.45, 7) is 4.22.